The van der Waals surface area contributed by atoms with Gasteiger partial charge in [0.1, 0.15) is 5.75 Å². The molecule has 0 fully saturated rings. The highest BCUT2D eigenvalue weighted by molar-refractivity contribution is 5.78. The summed E-state index contributed by atoms with van der Waals surface area (Å²) < 4.78 is 5.20. The summed E-state index contributed by atoms with van der Waals surface area (Å²) in [4.78, 5) is 25.0. The van der Waals surface area contributed by atoms with Gasteiger partial charge < -0.3 is 15.8 Å². The standard InChI is InChI=1S/C18H29N3O3/c1-5-21(14(4)13(2)3)11-18(23)20-10-15-6-8-16(9-7-15)24-12-17(19)22/h6-9,13-14H,5,10-12H2,1-4H3,(H2,19,22)(H,20,23)/t14-/m1/s1. The molecule has 6 nitrogen and oxygen atoms in total. The second kappa shape index (κ2) is 9.93. The lowest BCUT2D eigenvalue weighted by molar-refractivity contribution is -0.123. The van der Waals surface area contributed by atoms with Gasteiger partial charge in [0.2, 0.25) is 5.91 Å². The van der Waals surface area contributed by atoms with E-state index in [1.165, 1.54) is 0 Å². The Morgan fingerprint density at radius 2 is 1.83 bits per heavy atom. The minimum atomic E-state index is -0.512. The summed E-state index contributed by atoms with van der Waals surface area (Å²) >= 11 is 0. The van der Waals surface area contributed by atoms with Crippen LogP contribution in [0.25, 0.3) is 0 Å². The van der Waals surface area contributed by atoms with Gasteiger partial charge in [-0.1, -0.05) is 32.9 Å². The molecule has 24 heavy (non-hydrogen) atoms. The number of benzene rings is 1. The molecule has 134 valence electrons. The van der Waals surface area contributed by atoms with Gasteiger partial charge in [0, 0.05) is 12.6 Å². The number of nitrogens with one attached hydrogen (secondary N) is 1. The molecule has 0 aromatic heterocycles. The van der Waals surface area contributed by atoms with Crippen molar-refractivity contribution in [2.75, 3.05) is 19.7 Å². The number of carbonyl (C=O) groups excluding carboxylic acids is 2. The zero-order chi connectivity index (χ0) is 18.1. The number of carbonyl (C=O) groups is 2. The highest BCUT2D eigenvalue weighted by atomic mass is 16.5. The normalized spacial score (nSPS) is 12.2. The fourth-order valence-electron chi connectivity index (χ4n) is 2.26. The summed E-state index contributed by atoms with van der Waals surface area (Å²) in [6.45, 7) is 10.1. The van der Waals surface area contributed by atoms with Crippen LogP contribution in [0.2, 0.25) is 0 Å². The van der Waals surface area contributed by atoms with Gasteiger partial charge in [0.15, 0.2) is 6.61 Å². The van der Waals surface area contributed by atoms with E-state index in [0.29, 0.717) is 30.8 Å². The number of likely N-dealkylation sites (N-methyl/N-ethyl adjacent to an activating group) is 1. The molecule has 0 spiro atoms. The van der Waals surface area contributed by atoms with Gasteiger partial charge in [-0.25, -0.2) is 0 Å². The smallest absolute Gasteiger partial charge is 0.255 e. The number of primary amides is 1. The van der Waals surface area contributed by atoms with Crippen molar-refractivity contribution in [3.05, 3.63) is 29.8 Å². The Labute approximate surface area is 144 Å². The SMILES string of the molecule is CCN(CC(=O)NCc1ccc(OCC(N)=O)cc1)[C@H](C)C(C)C. The van der Waals surface area contributed by atoms with Crippen LogP contribution in [0, 0.1) is 5.92 Å². The largest absolute Gasteiger partial charge is 0.484 e. The second-order valence-corrected chi connectivity index (χ2v) is 6.22. The van der Waals surface area contributed by atoms with Gasteiger partial charge in [-0.15, -0.1) is 0 Å². The third kappa shape index (κ3) is 7.00. The molecule has 0 saturated heterocycles. The van der Waals surface area contributed by atoms with E-state index in [4.69, 9.17) is 10.5 Å². The van der Waals surface area contributed by atoms with Crippen molar-refractivity contribution < 1.29 is 14.3 Å². The first-order valence-electron chi connectivity index (χ1n) is 8.34. The Balaban J connectivity index is 2.44. The van der Waals surface area contributed by atoms with Gasteiger partial charge >= 0.3 is 0 Å². The molecule has 0 heterocycles. The van der Waals surface area contributed by atoms with E-state index < -0.39 is 5.91 Å². The topological polar surface area (TPSA) is 84.7 Å². The third-order valence-electron chi connectivity index (χ3n) is 4.09. The van der Waals surface area contributed by atoms with Crippen LogP contribution in [0.1, 0.15) is 33.3 Å². The molecule has 0 bridgehead atoms. The summed E-state index contributed by atoms with van der Waals surface area (Å²) in [6, 6.07) is 7.57. The van der Waals surface area contributed by atoms with Crippen molar-refractivity contribution in [1.29, 1.82) is 0 Å². The van der Waals surface area contributed by atoms with Crippen molar-refractivity contribution >= 4 is 11.8 Å². The number of hydrogen-bond donors (Lipinski definition) is 2. The summed E-state index contributed by atoms with van der Waals surface area (Å²) in [6.07, 6.45) is 0. The molecule has 0 aliphatic heterocycles. The van der Waals surface area contributed by atoms with E-state index in [9.17, 15) is 9.59 Å². The van der Waals surface area contributed by atoms with Crippen LogP contribution >= 0.6 is 0 Å². The van der Waals surface area contributed by atoms with Crippen LogP contribution < -0.4 is 15.8 Å². The van der Waals surface area contributed by atoms with Gasteiger partial charge in [0.25, 0.3) is 5.91 Å². The zero-order valence-corrected chi connectivity index (χ0v) is 15.0. The van der Waals surface area contributed by atoms with Crippen molar-refractivity contribution in [3.63, 3.8) is 0 Å². The molecule has 0 saturated carbocycles. The molecular weight excluding hydrogens is 306 g/mol. The van der Waals surface area contributed by atoms with Crippen LogP contribution in [0.15, 0.2) is 24.3 Å². The molecular formula is C18H29N3O3. The van der Waals surface area contributed by atoms with Crippen LogP contribution in [0.4, 0.5) is 0 Å². The minimum absolute atomic E-state index is 0.0124. The highest BCUT2D eigenvalue weighted by Gasteiger charge is 2.18. The van der Waals surface area contributed by atoms with Crippen LogP contribution in [0.5, 0.6) is 5.75 Å². The molecule has 1 aromatic rings. The number of hydrogen-bond acceptors (Lipinski definition) is 4. The van der Waals surface area contributed by atoms with E-state index in [-0.39, 0.29) is 12.5 Å². The van der Waals surface area contributed by atoms with Gasteiger partial charge in [-0.3, -0.25) is 14.5 Å². The maximum Gasteiger partial charge on any atom is 0.255 e. The third-order valence-corrected chi connectivity index (χ3v) is 4.09. The summed E-state index contributed by atoms with van der Waals surface area (Å²) in [5.74, 6) is 0.582. The number of ether oxygens (including phenoxy) is 1. The van der Waals surface area contributed by atoms with Crippen LogP contribution in [-0.2, 0) is 16.1 Å². The first kappa shape index (κ1) is 20.0. The Hall–Kier alpha value is -2.08. The Kier molecular flexibility index (Phi) is 8.26. The lowest BCUT2D eigenvalue weighted by Gasteiger charge is -2.30. The lowest BCUT2D eigenvalue weighted by Crippen LogP contribution is -2.43. The van der Waals surface area contributed by atoms with Crippen LogP contribution in [0.3, 0.4) is 0 Å². The number of nitrogens with two attached hydrogens (primary N) is 1. The molecule has 2 amide bonds. The van der Waals surface area contributed by atoms with Gasteiger partial charge in [0.05, 0.1) is 6.54 Å². The molecule has 6 heteroatoms. The molecule has 1 aromatic carbocycles. The maximum atomic E-state index is 12.1. The summed E-state index contributed by atoms with van der Waals surface area (Å²) in [5, 5.41) is 2.93. The molecule has 1 rings (SSSR count). The van der Waals surface area contributed by atoms with Gasteiger partial charge in [-0.05, 0) is 37.1 Å². The van der Waals surface area contributed by atoms with Crippen LogP contribution in [-0.4, -0.2) is 42.5 Å². The maximum absolute atomic E-state index is 12.1. The predicted molar refractivity (Wildman–Crippen MR) is 94.5 cm³/mol. The van der Waals surface area contributed by atoms with E-state index >= 15 is 0 Å². The Morgan fingerprint density at radius 3 is 2.33 bits per heavy atom. The first-order chi connectivity index (χ1) is 11.3. The zero-order valence-electron chi connectivity index (χ0n) is 15.0. The highest BCUT2D eigenvalue weighted by Crippen LogP contribution is 2.12. The first-order valence-corrected chi connectivity index (χ1v) is 8.34. The molecule has 1 atom stereocenters. The van der Waals surface area contributed by atoms with Gasteiger partial charge in [-0.2, -0.15) is 0 Å². The van der Waals surface area contributed by atoms with E-state index in [2.05, 4.69) is 37.9 Å². The van der Waals surface area contributed by atoms with Crippen molar-refractivity contribution in [2.24, 2.45) is 11.7 Å². The average molecular weight is 335 g/mol. The Morgan fingerprint density at radius 1 is 1.21 bits per heavy atom. The molecule has 0 aliphatic rings. The van der Waals surface area contributed by atoms with Crippen molar-refractivity contribution in [3.8, 4) is 5.75 Å². The summed E-state index contributed by atoms with van der Waals surface area (Å²) in [7, 11) is 0. The van der Waals surface area contributed by atoms with E-state index in [1.807, 2.05) is 12.1 Å². The van der Waals surface area contributed by atoms with Crippen molar-refractivity contribution in [2.45, 2.75) is 40.3 Å². The summed E-state index contributed by atoms with van der Waals surface area (Å²) in [5.41, 5.74) is 5.99. The minimum Gasteiger partial charge on any atom is -0.484 e. The fourth-order valence-corrected chi connectivity index (χ4v) is 2.26. The number of nitrogens with zero attached hydrogens (tertiary/aromatic N) is 1. The Bertz CT molecular complexity index is 529. The van der Waals surface area contributed by atoms with E-state index in [1.54, 1.807) is 12.1 Å². The molecule has 0 radical (unpaired) electrons. The number of rotatable bonds is 10. The molecule has 0 aliphatic carbocycles. The number of amides is 2. The molecule has 3 N–H and O–H groups in total. The van der Waals surface area contributed by atoms with Crippen molar-refractivity contribution in [1.82, 2.24) is 10.2 Å². The molecule has 0 unspecified atom stereocenters. The fraction of sp³-hybridized carbons (Fsp3) is 0.556. The second-order valence-electron chi connectivity index (χ2n) is 6.22. The average Bonchev–Trinajstić information content (AvgIpc) is 2.56. The quantitative estimate of drug-likeness (QED) is 0.679. The lowest BCUT2D eigenvalue weighted by atomic mass is 10.0. The monoisotopic (exact) mass is 335 g/mol. The van der Waals surface area contributed by atoms with E-state index in [0.717, 1.165) is 12.1 Å². The predicted octanol–water partition coefficient (Wildman–Crippen LogP) is 1.53.